The van der Waals surface area contributed by atoms with Gasteiger partial charge in [0, 0.05) is 4.88 Å². The number of thiophene rings is 1. The molecule has 1 unspecified atom stereocenters. The van der Waals surface area contributed by atoms with E-state index in [9.17, 15) is 14.7 Å². The van der Waals surface area contributed by atoms with Crippen LogP contribution < -0.4 is 5.32 Å². The minimum absolute atomic E-state index is 0.360. The van der Waals surface area contributed by atoms with Crippen LogP contribution in [0.2, 0.25) is 0 Å². The van der Waals surface area contributed by atoms with Gasteiger partial charge in [0.05, 0.1) is 4.88 Å². The molecule has 2 rings (SSSR count). The Morgan fingerprint density at radius 3 is 2.43 bits per heavy atom. The lowest BCUT2D eigenvalue weighted by Crippen LogP contribution is -2.33. The van der Waals surface area contributed by atoms with Crippen LogP contribution in [0.4, 0.5) is 0 Å². The van der Waals surface area contributed by atoms with Crippen molar-refractivity contribution in [3.05, 3.63) is 56.8 Å². The van der Waals surface area contributed by atoms with Crippen molar-refractivity contribution >= 4 is 23.2 Å². The fourth-order valence-electron chi connectivity index (χ4n) is 2.12. The van der Waals surface area contributed by atoms with Crippen LogP contribution in [-0.2, 0) is 4.79 Å². The molecule has 2 N–H and O–H groups in total. The second-order valence-corrected chi connectivity index (χ2v) is 6.23. The lowest BCUT2D eigenvalue weighted by molar-refractivity contribution is -0.139. The molecule has 110 valence electrons. The van der Waals surface area contributed by atoms with E-state index in [1.165, 1.54) is 11.3 Å². The van der Waals surface area contributed by atoms with Crippen molar-refractivity contribution < 1.29 is 14.7 Å². The molecule has 21 heavy (non-hydrogen) atoms. The number of aliphatic carboxylic acids is 1. The molecule has 1 amide bonds. The van der Waals surface area contributed by atoms with E-state index in [4.69, 9.17) is 0 Å². The van der Waals surface area contributed by atoms with Crippen LogP contribution >= 0.6 is 11.3 Å². The minimum Gasteiger partial charge on any atom is -0.479 e. The zero-order valence-electron chi connectivity index (χ0n) is 12.1. The number of carboxylic acid groups (broad SMARTS) is 1. The molecule has 0 bridgehead atoms. The number of hydrogen-bond acceptors (Lipinski definition) is 3. The lowest BCUT2D eigenvalue weighted by atomic mass is 9.97. The predicted octanol–water partition coefficient (Wildman–Crippen LogP) is 3.23. The number of rotatable bonds is 4. The highest BCUT2D eigenvalue weighted by molar-refractivity contribution is 7.13. The fourth-order valence-corrected chi connectivity index (χ4v) is 2.89. The molecule has 0 spiro atoms. The molecule has 5 heteroatoms. The largest absolute Gasteiger partial charge is 0.479 e. The van der Waals surface area contributed by atoms with E-state index in [-0.39, 0.29) is 5.91 Å². The first-order valence-electron chi connectivity index (χ1n) is 6.56. The van der Waals surface area contributed by atoms with Crippen molar-refractivity contribution in [1.82, 2.24) is 5.32 Å². The average molecular weight is 303 g/mol. The third kappa shape index (κ3) is 3.31. The van der Waals surface area contributed by atoms with Crippen molar-refractivity contribution in [3.63, 3.8) is 0 Å². The van der Waals surface area contributed by atoms with E-state index >= 15 is 0 Å². The summed E-state index contributed by atoms with van der Waals surface area (Å²) in [5.74, 6) is -1.42. The normalized spacial score (nSPS) is 12.0. The van der Waals surface area contributed by atoms with E-state index in [0.717, 1.165) is 16.0 Å². The van der Waals surface area contributed by atoms with Crippen LogP contribution in [0, 0.1) is 20.8 Å². The van der Waals surface area contributed by atoms with Crippen LogP contribution in [0.3, 0.4) is 0 Å². The van der Waals surface area contributed by atoms with Gasteiger partial charge in [0.25, 0.3) is 5.91 Å². The van der Waals surface area contributed by atoms with E-state index < -0.39 is 12.0 Å². The molecule has 2 aromatic rings. The zero-order chi connectivity index (χ0) is 15.6. The molecule has 0 saturated carbocycles. The monoisotopic (exact) mass is 303 g/mol. The Kier molecular flexibility index (Phi) is 4.43. The second-order valence-electron chi connectivity index (χ2n) is 4.94. The lowest BCUT2D eigenvalue weighted by Gasteiger charge is -2.17. The first-order chi connectivity index (χ1) is 9.90. The smallest absolute Gasteiger partial charge is 0.330 e. The first kappa shape index (κ1) is 15.3. The second kappa shape index (κ2) is 6.10. The Bertz CT molecular complexity index is 691. The number of carbonyl (C=O) groups excluding carboxylic acids is 1. The van der Waals surface area contributed by atoms with E-state index in [1.54, 1.807) is 18.2 Å². The SMILES string of the molecule is Cc1ccc(C(=O)NC(C(=O)O)c2cccc(C)c2C)s1. The van der Waals surface area contributed by atoms with Gasteiger partial charge in [-0.2, -0.15) is 0 Å². The van der Waals surface area contributed by atoms with Crippen molar-refractivity contribution in [2.75, 3.05) is 0 Å². The summed E-state index contributed by atoms with van der Waals surface area (Å²) in [6.45, 7) is 5.69. The summed E-state index contributed by atoms with van der Waals surface area (Å²) in [4.78, 5) is 25.2. The zero-order valence-corrected chi connectivity index (χ0v) is 13.0. The number of aryl methyl sites for hydroxylation is 2. The topological polar surface area (TPSA) is 66.4 Å². The highest BCUT2D eigenvalue weighted by atomic mass is 32.1. The number of nitrogens with one attached hydrogen (secondary N) is 1. The van der Waals surface area contributed by atoms with Gasteiger partial charge in [-0.1, -0.05) is 18.2 Å². The van der Waals surface area contributed by atoms with Crippen LogP contribution in [0.25, 0.3) is 0 Å². The molecular formula is C16H17NO3S. The van der Waals surface area contributed by atoms with Crippen molar-refractivity contribution in [3.8, 4) is 0 Å². The third-order valence-electron chi connectivity index (χ3n) is 3.44. The van der Waals surface area contributed by atoms with Gasteiger partial charge in [-0.15, -0.1) is 11.3 Å². The summed E-state index contributed by atoms with van der Waals surface area (Å²) >= 11 is 1.35. The van der Waals surface area contributed by atoms with Gasteiger partial charge < -0.3 is 10.4 Å². The third-order valence-corrected chi connectivity index (χ3v) is 4.44. The molecule has 0 aliphatic heterocycles. The molecule has 1 aromatic carbocycles. The maximum atomic E-state index is 12.2. The van der Waals surface area contributed by atoms with E-state index in [0.29, 0.717) is 10.4 Å². The van der Waals surface area contributed by atoms with Gasteiger partial charge in [0.1, 0.15) is 0 Å². The molecule has 0 fully saturated rings. The molecule has 4 nitrogen and oxygen atoms in total. The van der Waals surface area contributed by atoms with Gasteiger partial charge >= 0.3 is 5.97 Å². The standard InChI is InChI=1S/C16H17NO3S/c1-9-5-4-6-12(11(9)3)14(16(19)20)17-15(18)13-8-7-10(2)21-13/h4-8,14H,1-3H3,(H,17,18)(H,19,20). The maximum Gasteiger partial charge on any atom is 0.330 e. The first-order valence-corrected chi connectivity index (χ1v) is 7.38. The summed E-state index contributed by atoms with van der Waals surface area (Å²) in [7, 11) is 0. The Morgan fingerprint density at radius 1 is 1.14 bits per heavy atom. The van der Waals surface area contributed by atoms with Gasteiger partial charge in [-0.05, 0) is 49.6 Å². The minimum atomic E-state index is -1.06. The van der Waals surface area contributed by atoms with Crippen LogP contribution in [0.1, 0.15) is 37.3 Å². The number of hydrogen-bond donors (Lipinski definition) is 2. The van der Waals surface area contributed by atoms with E-state index in [2.05, 4.69) is 5.32 Å². The summed E-state index contributed by atoms with van der Waals surface area (Å²) in [5, 5.41) is 12.0. The summed E-state index contributed by atoms with van der Waals surface area (Å²) < 4.78 is 0. The van der Waals surface area contributed by atoms with Crippen molar-refractivity contribution in [1.29, 1.82) is 0 Å². The highest BCUT2D eigenvalue weighted by Gasteiger charge is 2.25. The fraction of sp³-hybridized carbons (Fsp3) is 0.250. The number of amides is 1. The molecule has 0 radical (unpaired) electrons. The Hall–Kier alpha value is -2.14. The Balaban J connectivity index is 2.30. The molecular weight excluding hydrogens is 286 g/mol. The van der Waals surface area contributed by atoms with Crippen molar-refractivity contribution in [2.45, 2.75) is 26.8 Å². The number of benzene rings is 1. The van der Waals surface area contributed by atoms with Crippen LogP contribution in [0.15, 0.2) is 30.3 Å². The van der Waals surface area contributed by atoms with Gasteiger partial charge in [0.15, 0.2) is 6.04 Å². The molecule has 0 aliphatic rings. The Morgan fingerprint density at radius 2 is 1.86 bits per heavy atom. The molecule has 1 aromatic heterocycles. The summed E-state index contributed by atoms with van der Waals surface area (Å²) in [6, 6.07) is 7.96. The number of carbonyl (C=O) groups is 2. The number of carboxylic acids is 1. The van der Waals surface area contributed by atoms with E-state index in [1.807, 2.05) is 32.9 Å². The van der Waals surface area contributed by atoms with Crippen molar-refractivity contribution in [2.24, 2.45) is 0 Å². The quantitative estimate of drug-likeness (QED) is 0.911. The molecule has 0 aliphatic carbocycles. The predicted molar refractivity (Wildman–Crippen MR) is 82.8 cm³/mol. The summed E-state index contributed by atoms with van der Waals surface area (Å²) in [6.07, 6.45) is 0. The van der Waals surface area contributed by atoms with Gasteiger partial charge in [-0.25, -0.2) is 4.79 Å². The Labute approximate surface area is 127 Å². The van der Waals surface area contributed by atoms with Gasteiger partial charge in [0.2, 0.25) is 0 Å². The highest BCUT2D eigenvalue weighted by Crippen LogP contribution is 2.22. The van der Waals surface area contributed by atoms with Crippen LogP contribution in [-0.4, -0.2) is 17.0 Å². The maximum absolute atomic E-state index is 12.2. The average Bonchev–Trinajstić information content (AvgIpc) is 2.86. The summed E-state index contributed by atoms with van der Waals surface area (Å²) in [5.41, 5.74) is 2.50. The molecule has 1 heterocycles. The van der Waals surface area contributed by atoms with Gasteiger partial charge in [-0.3, -0.25) is 4.79 Å². The molecule has 0 saturated heterocycles. The van der Waals surface area contributed by atoms with Crippen LogP contribution in [0.5, 0.6) is 0 Å². The molecule has 1 atom stereocenters.